The zero-order valence-corrected chi connectivity index (χ0v) is 8.03. The number of hydrogen-bond acceptors (Lipinski definition) is 5. The summed E-state index contributed by atoms with van der Waals surface area (Å²) in [6.07, 6.45) is 0.618. The summed E-state index contributed by atoms with van der Waals surface area (Å²) in [6.45, 7) is 0.900. The maximum atomic E-state index is 11.6. The molecule has 84 valence electrons. The van der Waals surface area contributed by atoms with Gasteiger partial charge in [0, 0.05) is 10.9 Å². The lowest BCUT2D eigenvalue weighted by Gasteiger charge is -2.32. The van der Waals surface area contributed by atoms with Gasteiger partial charge in [-0.3, -0.25) is 9.74 Å². The Bertz CT molecular complexity index is 284. The number of carbonyl (C=O) groups excluding carboxylic acids is 2. The third-order valence-corrected chi connectivity index (χ3v) is 2.82. The first-order valence-electron chi connectivity index (χ1n) is 4.80. The Labute approximate surface area is 85.4 Å². The molecule has 0 bridgehead atoms. The largest absolute Gasteiger partial charge is 0.359 e. The minimum Gasteiger partial charge on any atom is -0.347 e. The fourth-order valence-corrected chi connectivity index (χ4v) is 2.05. The maximum absolute atomic E-state index is 11.6. The third kappa shape index (κ3) is 1.87. The van der Waals surface area contributed by atoms with E-state index in [4.69, 9.17) is 9.47 Å². The van der Waals surface area contributed by atoms with Crippen LogP contribution in [0.15, 0.2) is 0 Å². The van der Waals surface area contributed by atoms with Gasteiger partial charge in [0.25, 0.3) is 0 Å². The van der Waals surface area contributed by atoms with E-state index in [9.17, 15) is 14.1 Å². The van der Waals surface area contributed by atoms with Gasteiger partial charge >= 0.3 is 5.97 Å². The first-order valence-corrected chi connectivity index (χ1v) is 4.80. The lowest BCUT2D eigenvalue weighted by Crippen LogP contribution is -2.43. The SMILES string of the molecule is O=C1CC2(CCC1C(=O)OF)OCCO2. The fraction of sp³-hybridized carbons (Fsp3) is 0.778. The number of Topliss-reactive ketones (excluding diaryl/α,β-unsaturated/α-hetero) is 1. The Morgan fingerprint density at radius 2 is 2.13 bits per heavy atom. The van der Waals surface area contributed by atoms with Crippen molar-refractivity contribution in [2.24, 2.45) is 5.92 Å². The molecule has 1 saturated heterocycles. The van der Waals surface area contributed by atoms with Gasteiger partial charge in [-0.1, -0.05) is 0 Å². The molecule has 1 aliphatic heterocycles. The molecule has 1 heterocycles. The third-order valence-electron chi connectivity index (χ3n) is 2.82. The summed E-state index contributed by atoms with van der Waals surface area (Å²) in [5, 5.41) is 0. The van der Waals surface area contributed by atoms with Crippen LogP contribution in [0.1, 0.15) is 19.3 Å². The predicted octanol–water partition coefficient (Wildman–Crippen LogP) is 0.526. The van der Waals surface area contributed by atoms with Crippen molar-refractivity contribution in [1.82, 2.24) is 0 Å². The first kappa shape index (κ1) is 10.5. The molecule has 0 aromatic heterocycles. The smallest absolute Gasteiger partial charge is 0.347 e. The average Bonchev–Trinajstić information content (AvgIpc) is 2.65. The molecular formula is C9H11FO5. The van der Waals surface area contributed by atoms with Crippen molar-refractivity contribution < 1.29 is 28.5 Å². The lowest BCUT2D eigenvalue weighted by atomic mass is 9.84. The number of ketones is 1. The van der Waals surface area contributed by atoms with E-state index in [-0.39, 0.29) is 18.6 Å². The van der Waals surface area contributed by atoms with Gasteiger partial charge < -0.3 is 9.47 Å². The number of halogens is 1. The molecule has 0 radical (unpaired) electrons. The summed E-state index contributed by atoms with van der Waals surface area (Å²) in [4.78, 5) is 25.5. The second-order valence-corrected chi connectivity index (χ2v) is 3.74. The van der Waals surface area contributed by atoms with Crippen LogP contribution in [0.3, 0.4) is 0 Å². The molecule has 1 aliphatic carbocycles. The van der Waals surface area contributed by atoms with Crippen LogP contribution >= 0.6 is 0 Å². The highest BCUT2D eigenvalue weighted by molar-refractivity contribution is 5.99. The Morgan fingerprint density at radius 3 is 2.67 bits per heavy atom. The average molecular weight is 218 g/mol. The number of hydrogen-bond donors (Lipinski definition) is 0. The summed E-state index contributed by atoms with van der Waals surface area (Å²) < 4.78 is 22.3. The van der Waals surface area contributed by atoms with Crippen LogP contribution in [0.4, 0.5) is 4.53 Å². The number of carbonyl (C=O) groups is 2. The molecule has 2 aliphatic rings. The van der Waals surface area contributed by atoms with Crippen molar-refractivity contribution >= 4 is 11.8 Å². The molecule has 1 spiro atoms. The zero-order chi connectivity index (χ0) is 10.9. The summed E-state index contributed by atoms with van der Waals surface area (Å²) in [7, 11) is 0. The second kappa shape index (κ2) is 3.86. The molecule has 0 aromatic rings. The Morgan fingerprint density at radius 1 is 1.47 bits per heavy atom. The molecule has 1 saturated carbocycles. The van der Waals surface area contributed by atoms with Gasteiger partial charge in [0.1, 0.15) is 5.92 Å². The van der Waals surface area contributed by atoms with Crippen molar-refractivity contribution in [3.05, 3.63) is 0 Å². The molecule has 0 N–H and O–H groups in total. The highest BCUT2D eigenvalue weighted by atomic mass is 19.3. The molecule has 5 nitrogen and oxygen atoms in total. The van der Waals surface area contributed by atoms with Gasteiger partial charge in [0.2, 0.25) is 0 Å². The standard InChI is InChI=1S/C9H11FO5/c10-15-8(12)6-1-2-9(5-7(6)11)13-3-4-14-9/h6H,1-5H2. The van der Waals surface area contributed by atoms with Gasteiger partial charge in [-0.05, 0) is 6.42 Å². The normalized spacial score (nSPS) is 29.4. The van der Waals surface area contributed by atoms with Gasteiger partial charge in [-0.15, -0.1) is 0 Å². The van der Waals surface area contributed by atoms with E-state index in [1.165, 1.54) is 0 Å². The summed E-state index contributed by atoms with van der Waals surface area (Å²) >= 11 is 0. The van der Waals surface area contributed by atoms with E-state index in [1.807, 2.05) is 0 Å². The molecule has 1 atom stereocenters. The summed E-state index contributed by atoms with van der Waals surface area (Å²) in [5.74, 6) is -3.38. The van der Waals surface area contributed by atoms with E-state index in [0.717, 1.165) is 0 Å². The summed E-state index contributed by atoms with van der Waals surface area (Å²) in [5.41, 5.74) is 0. The van der Waals surface area contributed by atoms with Gasteiger partial charge in [-0.25, -0.2) is 4.79 Å². The van der Waals surface area contributed by atoms with E-state index >= 15 is 0 Å². The van der Waals surface area contributed by atoms with Gasteiger partial charge in [0.05, 0.1) is 19.6 Å². The second-order valence-electron chi connectivity index (χ2n) is 3.74. The fourth-order valence-electron chi connectivity index (χ4n) is 2.05. The van der Waals surface area contributed by atoms with E-state index in [0.29, 0.717) is 19.6 Å². The van der Waals surface area contributed by atoms with Gasteiger partial charge in [0.15, 0.2) is 11.6 Å². The Hall–Kier alpha value is -1.01. The van der Waals surface area contributed by atoms with Crippen LogP contribution in [0.5, 0.6) is 0 Å². The van der Waals surface area contributed by atoms with E-state index in [1.54, 1.807) is 0 Å². The van der Waals surface area contributed by atoms with Crippen LogP contribution in [0, 0.1) is 5.92 Å². The minimum absolute atomic E-state index is 0.00718. The van der Waals surface area contributed by atoms with Crippen LogP contribution in [-0.2, 0) is 24.0 Å². The van der Waals surface area contributed by atoms with Crippen LogP contribution in [0.2, 0.25) is 0 Å². The van der Waals surface area contributed by atoms with Crippen molar-refractivity contribution in [2.45, 2.75) is 25.0 Å². The van der Waals surface area contributed by atoms with E-state index in [2.05, 4.69) is 4.94 Å². The topological polar surface area (TPSA) is 61.8 Å². The molecule has 2 fully saturated rings. The molecule has 2 rings (SSSR count). The van der Waals surface area contributed by atoms with Gasteiger partial charge in [-0.2, -0.15) is 0 Å². The van der Waals surface area contributed by atoms with Crippen LogP contribution in [0.25, 0.3) is 0 Å². The predicted molar refractivity (Wildman–Crippen MR) is 44.2 cm³/mol. The van der Waals surface area contributed by atoms with Crippen molar-refractivity contribution in [3.8, 4) is 0 Å². The van der Waals surface area contributed by atoms with Crippen LogP contribution < -0.4 is 0 Å². The first-order chi connectivity index (χ1) is 7.17. The summed E-state index contributed by atoms with van der Waals surface area (Å²) in [6, 6.07) is 0. The van der Waals surface area contributed by atoms with Crippen molar-refractivity contribution in [1.29, 1.82) is 0 Å². The van der Waals surface area contributed by atoms with Crippen molar-refractivity contribution in [3.63, 3.8) is 0 Å². The zero-order valence-electron chi connectivity index (χ0n) is 8.03. The monoisotopic (exact) mass is 218 g/mol. The quantitative estimate of drug-likeness (QED) is 0.600. The number of ether oxygens (including phenoxy) is 2. The number of rotatable bonds is 1. The Balaban J connectivity index is 2.02. The lowest BCUT2D eigenvalue weighted by molar-refractivity contribution is -0.203. The minimum atomic E-state index is -1.12. The molecular weight excluding hydrogens is 207 g/mol. The molecule has 0 amide bonds. The van der Waals surface area contributed by atoms with E-state index < -0.39 is 17.7 Å². The maximum Gasteiger partial charge on any atom is 0.359 e. The highest BCUT2D eigenvalue weighted by Gasteiger charge is 2.47. The molecule has 1 unspecified atom stereocenters. The Kier molecular flexibility index (Phi) is 2.70. The highest BCUT2D eigenvalue weighted by Crippen LogP contribution is 2.36. The molecule has 0 aromatic carbocycles. The molecule has 6 heteroatoms. The molecule has 15 heavy (non-hydrogen) atoms. The van der Waals surface area contributed by atoms with Crippen LogP contribution in [-0.4, -0.2) is 30.8 Å². The van der Waals surface area contributed by atoms with Crippen molar-refractivity contribution in [2.75, 3.05) is 13.2 Å².